The van der Waals surface area contributed by atoms with Crippen LogP contribution in [-0.4, -0.2) is 37.5 Å². The highest BCUT2D eigenvalue weighted by atomic mass is 16.5. The predicted octanol–water partition coefficient (Wildman–Crippen LogP) is 1.90. The topological polar surface area (TPSA) is 67.9 Å². The molecule has 25 heavy (non-hydrogen) atoms. The molecule has 1 fully saturated rings. The highest BCUT2D eigenvalue weighted by Crippen LogP contribution is 2.33. The number of carbonyl (C=O) groups excluding carboxylic acids is 2. The Kier molecular flexibility index (Phi) is 4.88. The molecule has 0 radical (unpaired) electrons. The number of carbonyl (C=O) groups is 2. The van der Waals surface area contributed by atoms with Gasteiger partial charge in [0.05, 0.1) is 20.8 Å². The Morgan fingerprint density at radius 3 is 2.44 bits per heavy atom. The second-order valence-corrected chi connectivity index (χ2v) is 5.74. The first-order valence-corrected chi connectivity index (χ1v) is 7.97. The Balaban J connectivity index is 1.97. The van der Waals surface area contributed by atoms with Crippen molar-refractivity contribution in [3.63, 3.8) is 0 Å². The van der Waals surface area contributed by atoms with Gasteiger partial charge in [-0.25, -0.2) is 0 Å². The maximum absolute atomic E-state index is 12.5. The van der Waals surface area contributed by atoms with E-state index >= 15 is 0 Å². The van der Waals surface area contributed by atoms with E-state index < -0.39 is 6.04 Å². The summed E-state index contributed by atoms with van der Waals surface area (Å²) in [5, 5.41) is 2.66. The van der Waals surface area contributed by atoms with Gasteiger partial charge in [-0.05, 0) is 23.3 Å². The molecule has 3 rings (SSSR count). The van der Waals surface area contributed by atoms with E-state index in [1.165, 1.54) is 7.11 Å². The Morgan fingerprint density at radius 1 is 1.04 bits per heavy atom. The molecule has 1 N–H and O–H groups in total. The van der Waals surface area contributed by atoms with Gasteiger partial charge in [-0.15, -0.1) is 0 Å². The van der Waals surface area contributed by atoms with Gasteiger partial charge in [0.25, 0.3) is 0 Å². The van der Waals surface area contributed by atoms with Crippen LogP contribution in [0, 0.1) is 0 Å². The lowest BCUT2D eigenvalue weighted by molar-refractivity contribution is -0.146. The number of hydrogen-bond donors (Lipinski definition) is 1. The first-order valence-electron chi connectivity index (χ1n) is 7.97. The minimum Gasteiger partial charge on any atom is -0.493 e. The lowest BCUT2D eigenvalue weighted by atomic mass is 10.0. The third-order valence-electron chi connectivity index (χ3n) is 4.21. The molecule has 2 aromatic carbocycles. The van der Waals surface area contributed by atoms with Crippen LogP contribution in [0.25, 0.3) is 0 Å². The maximum atomic E-state index is 12.5. The van der Waals surface area contributed by atoms with Crippen LogP contribution < -0.4 is 14.8 Å². The molecule has 1 atom stereocenters. The maximum Gasteiger partial charge on any atom is 0.247 e. The van der Waals surface area contributed by atoms with Gasteiger partial charge in [0.2, 0.25) is 11.8 Å². The number of benzene rings is 2. The standard InChI is InChI=1S/C19H20N2O4/c1-24-15-9-8-14(10-16(15)25-2)18-19(23)20-11-17(22)21(18)12-13-6-4-3-5-7-13/h3-10,18H,11-12H2,1-2H3,(H,20,23). The zero-order valence-electron chi connectivity index (χ0n) is 14.2. The molecule has 1 saturated heterocycles. The van der Waals surface area contributed by atoms with Crippen LogP contribution in [-0.2, 0) is 16.1 Å². The summed E-state index contributed by atoms with van der Waals surface area (Å²) in [7, 11) is 3.09. The fraction of sp³-hybridized carbons (Fsp3) is 0.263. The molecule has 2 aromatic rings. The van der Waals surface area contributed by atoms with Crippen molar-refractivity contribution in [2.45, 2.75) is 12.6 Å². The van der Waals surface area contributed by atoms with Crippen molar-refractivity contribution in [1.82, 2.24) is 10.2 Å². The number of ether oxygens (including phenoxy) is 2. The molecule has 2 amide bonds. The summed E-state index contributed by atoms with van der Waals surface area (Å²) in [5.74, 6) is 0.764. The van der Waals surface area contributed by atoms with Gasteiger partial charge >= 0.3 is 0 Å². The number of amides is 2. The number of nitrogens with one attached hydrogen (secondary N) is 1. The Morgan fingerprint density at radius 2 is 1.76 bits per heavy atom. The van der Waals surface area contributed by atoms with Crippen LogP contribution in [0.4, 0.5) is 0 Å². The summed E-state index contributed by atoms with van der Waals surface area (Å²) >= 11 is 0. The average Bonchev–Trinajstić information content (AvgIpc) is 2.65. The van der Waals surface area contributed by atoms with Crippen molar-refractivity contribution in [1.29, 1.82) is 0 Å². The summed E-state index contributed by atoms with van der Waals surface area (Å²) in [6.45, 7) is 0.377. The number of rotatable bonds is 5. The minimum atomic E-state index is -0.707. The average molecular weight is 340 g/mol. The van der Waals surface area contributed by atoms with Crippen molar-refractivity contribution >= 4 is 11.8 Å². The molecule has 1 aliphatic rings. The Bertz CT molecular complexity index is 776. The zero-order valence-corrected chi connectivity index (χ0v) is 14.2. The van der Waals surface area contributed by atoms with Crippen LogP contribution >= 0.6 is 0 Å². The van der Waals surface area contributed by atoms with Crippen molar-refractivity contribution in [2.75, 3.05) is 20.8 Å². The lowest BCUT2D eigenvalue weighted by Crippen LogP contribution is -2.53. The fourth-order valence-electron chi connectivity index (χ4n) is 2.96. The van der Waals surface area contributed by atoms with Crippen molar-refractivity contribution in [3.8, 4) is 11.5 Å². The van der Waals surface area contributed by atoms with Gasteiger partial charge in [0, 0.05) is 6.54 Å². The number of piperazine rings is 1. The quantitative estimate of drug-likeness (QED) is 0.903. The normalized spacial score (nSPS) is 17.2. The van der Waals surface area contributed by atoms with E-state index in [1.54, 1.807) is 30.2 Å². The monoisotopic (exact) mass is 340 g/mol. The lowest BCUT2D eigenvalue weighted by Gasteiger charge is -2.35. The molecular formula is C19H20N2O4. The van der Waals surface area contributed by atoms with Crippen LogP contribution in [0.5, 0.6) is 11.5 Å². The van der Waals surface area contributed by atoms with E-state index in [0.717, 1.165) is 5.56 Å². The van der Waals surface area contributed by atoms with Gasteiger partial charge in [0.15, 0.2) is 11.5 Å². The molecule has 130 valence electrons. The Hall–Kier alpha value is -3.02. The summed E-state index contributed by atoms with van der Waals surface area (Å²) in [5.41, 5.74) is 1.65. The summed E-state index contributed by atoms with van der Waals surface area (Å²) in [4.78, 5) is 26.6. The minimum absolute atomic E-state index is 0.00938. The smallest absolute Gasteiger partial charge is 0.247 e. The van der Waals surface area contributed by atoms with E-state index in [0.29, 0.717) is 23.6 Å². The molecule has 0 aromatic heterocycles. The molecule has 6 nitrogen and oxygen atoms in total. The molecule has 0 aliphatic carbocycles. The van der Waals surface area contributed by atoms with Crippen LogP contribution in [0.1, 0.15) is 17.2 Å². The van der Waals surface area contributed by atoms with Gasteiger partial charge < -0.3 is 19.7 Å². The molecule has 6 heteroatoms. The fourth-order valence-corrected chi connectivity index (χ4v) is 2.96. The predicted molar refractivity (Wildman–Crippen MR) is 92.3 cm³/mol. The van der Waals surface area contributed by atoms with Gasteiger partial charge in [-0.2, -0.15) is 0 Å². The van der Waals surface area contributed by atoms with E-state index in [1.807, 2.05) is 30.3 Å². The number of hydrogen-bond acceptors (Lipinski definition) is 4. The van der Waals surface area contributed by atoms with Gasteiger partial charge in [-0.3, -0.25) is 9.59 Å². The van der Waals surface area contributed by atoms with E-state index in [9.17, 15) is 9.59 Å². The summed E-state index contributed by atoms with van der Waals surface area (Å²) < 4.78 is 10.6. The summed E-state index contributed by atoms with van der Waals surface area (Å²) in [6.07, 6.45) is 0. The van der Waals surface area contributed by atoms with E-state index in [4.69, 9.17) is 9.47 Å². The largest absolute Gasteiger partial charge is 0.493 e. The highest BCUT2D eigenvalue weighted by molar-refractivity contribution is 5.95. The highest BCUT2D eigenvalue weighted by Gasteiger charge is 2.36. The number of methoxy groups -OCH3 is 2. The second-order valence-electron chi connectivity index (χ2n) is 5.74. The molecular weight excluding hydrogens is 320 g/mol. The Labute approximate surface area is 146 Å². The molecule has 1 heterocycles. The third-order valence-corrected chi connectivity index (χ3v) is 4.21. The molecule has 1 unspecified atom stereocenters. The van der Waals surface area contributed by atoms with Gasteiger partial charge in [0.1, 0.15) is 6.04 Å². The van der Waals surface area contributed by atoms with Crippen molar-refractivity contribution in [3.05, 3.63) is 59.7 Å². The number of nitrogens with zero attached hydrogens (tertiary/aromatic N) is 1. The first kappa shape index (κ1) is 16.8. The van der Waals surface area contributed by atoms with Gasteiger partial charge in [-0.1, -0.05) is 36.4 Å². The van der Waals surface area contributed by atoms with Crippen LogP contribution in [0.2, 0.25) is 0 Å². The molecule has 1 aliphatic heterocycles. The molecule has 0 spiro atoms. The van der Waals surface area contributed by atoms with Crippen LogP contribution in [0.15, 0.2) is 48.5 Å². The van der Waals surface area contributed by atoms with Crippen molar-refractivity contribution in [2.24, 2.45) is 0 Å². The third kappa shape index (κ3) is 3.42. The SMILES string of the molecule is COc1ccc(C2C(=O)NCC(=O)N2Cc2ccccc2)cc1OC. The van der Waals surface area contributed by atoms with Crippen molar-refractivity contribution < 1.29 is 19.1 Å². The first-order chi connectivity index (χ1) is 12.1. The second kappa shape index (κ2) is 7.25. The molecule has 0 saturated carbocycles. The molecule has 0 bridgehead atoms. The summed E-state index contributed by atoms with van der Waals surface area (Å²) in [6, 6.07) is 14.2. The van der Waals surface area contributed by atoms with E-state index in [2.05, 4.69) is 5.32 Å². The van der Waals surface area contributed by atoms with E-state index in [-0.39, 0.29) is 18.4 Å². The zero-order chi connectivity index (χ0) is 17.8. The van der Waals surface area contributed by atoms with Crippen LogP contribution in [0.3, 0.4) is 0 Å².